The van der Waals surface area contributed by atoms with Gasteiger partial charge in [-0.05, 0) is 34.6 Å². The van der Waals surface area contributed by atoms with Crippen LogP contribution in [0.2, 0.25) is 0 Å². The van der Waals surface area contributed by atoms with Gasteiger partial charge in [0.25, 0.3) is 0 Å². The van der Waals surface area contributed by atoms with Gasteiger partial charge in [0, 0.05) is 17.0 Å². The van der Waals surface area contributed by atoms with Crippen LogP contribution in [0.25, 0.3) is 0 Å². The van der Waals surface area contributed by atoms with Crippen LogP contribution in [-0.2, 0) is 9.53 Å². The van der Waals surface area contributed by atoms with Crippen molar-refractivity contribution >= 4 is 23.8 Å². The van der Waals surface area contributed by atoms with Gasteiger partial charge in [0.05, 0.1) is 0 Å². The average molecular weight is 275 g/mol. The third kappa shape index (κ3) is 3.54. The highest BCUT2D eigenvalue weighted by molar-refractivity contribution is 8.00. The summed E-state index contributed by atoms with van der Waals surface area (Å²) in [5, 5.41) is 9.33. The van der Waals surface area contributed by atoms with Crippen LogP contribution in [0.3, 0.4) is 0 Å². The number of hydrogen-bond acceptors (Lipinski definition) is 4. The van der Waals surface area contributed by atoms with Crippen LogP contribution in [0, 0.1) is 0 Å². The smallest absolute Gasteiger partial charge is 0.411 e. The maximum absolute atomic E-state index is 12.0. The summed E-state index contributed by atoms with van der Waals surface area (Å²) < 4.78 is 4.75. The summed E-state index contributed by atoms with van der Waals surface area (Å²) in [6.45, 7) is 9.39. The molecule has 5 nitrogen and oxygen atoms in total. The van der Waals surface area contributed by atoms with Crippen LogP contribution in [0.4, 0.5) is 4.79 Å². The Bertz CT molecular complexity index is 348. The monoisotopic (exact) mass is 275 g/mol. The molecule has 18 heavy (non-hydrogen) atoms. The maximum atomic E-state index is 12.0. The molecule has 1 aliphatic rings. The van der Waals surface area contributed by atoms with Crippen LogP contribution in [0.1, 0.15) is 34.6 Å². The fourth-order valence-corrected chi connectivity index (χ4v) is 3.14. The largest absolute Gasteiger partial charge is 0.480 e. The number of rotatable bonds is 1. The van der Waals surface area contributed by atoms with Gasteiger partial charge in [-0.1, -0.05) is 0 Å². The van der Waals surface area contributed by atoms with E-state index in [-0.39, 0.29) is 0 Å². The molecule has 1 N–H and O–H groups in total. The topological polar surface area (TPSA) is 66.8 Å². The number of ether oxygens (including phenoxy) is 1. The normalized spacial score (nSPS) is 23.6. The minimum absolute atomic E-state index is 0.403. The van der Waals surface area contributed by atoms with Gasteiger partial charge in [-0.25, -0.2) is 9.59 Å². The first-order chi connectivity index (χ1) is 8.04. The predicted octanol–water partition coefficient (Wildman–Crippen LogP) is 2.20. The van der Waals surface area contributed by atoms with Crippen molar-refractivity contribution in [2.75, 3.05) is 12.3 Å². The lowest BCUT2D eigenvalue weighted by atomic mass is 10.0. The fourth-order valence-electron chi connectivity index (χ4n) is 1.94. The van der Waals surface area contributed by atoms with Gasteiger partial charge >= 0.3 is 12.1 Å². The number of carboxylic acid groups (broad SMARTS) is 1. The summed E-state index contributed by atoms with van der Waals surface area (Å²) in [4.78, 5) is 24.8. The van der Waals surface area contributed by atoms with Crippen molar-refractivity contribution in [3.05, 3.63) is 0 Å². The lowest BCUT2D eigenvalue weighted by Gasteiger charge is -2.43. The van der Waals surface area contributed by atoms with Gasteiger partial charge in [0.1, 0.15) is 11.6 Å². The van der Waals surface area contributed by atoms with Gasteiger partial charge in [-0.3, -0.25) is 4.90 Å². The number of aliphatic carboxylic acids is 1. The lowest BCUT2D eigenvalue weighted by molar-refractivity contribution is -0.144. The Morgan fingerprint density at radius 1 is 1.39 bits per heavy atom. The Labute approximate surface area is 112 Å². The number of carbonyl (C=O) groups is 2. The molecule has 0 aromatic heterocycles. The molecule has 0 unspecified atom stereocenters. The van der Waals surface area contributed by atoms with Crippen molar-refractivity contribution in [3.8, 4) is 0 Å². The minimum atomic E-state index is -0.988. The first-order valence-corrected chi connectivity index (χ1v) is 6.89. The molecule has 0 bridgehead atoms. The third-order valence-corrected chi connectivity index (χ3v) is 3.99. The summed E-state index contributed by atoms with van der Waals surface area (Å²) in [7, 11) is 0. The number of amides is 1. The van der Waals surface area contributed by atoms with E-state index in [4.69, 9.17) is 4.74 Å². The number of thioether (sulfide) groups is 1. The molecule has 1 amide bonds. The van der Waals surface area contributed by atoms with E-state index >= 15 is 0 Å². The van der Waals surface area contributed by atoms with Crippen molar-refractivity contribution in [3.63, 3.8) is 0 Å². The molecule has 0 saturated carbocycles. The van der Waals surface area contributed by atoms with E-state index in [0.717, 1.165) is 5.75 Å². The molecule has 1 fully saturated rings. The lowest BCUT2D eigenvalue weighted by Crippen LogP contribution is -2.59. The van der Waals surface area contributed by atoms with Crippen LogP contribution in [0.5, 0.6) is 0 Å². The molecule has 6 heteroatoms. The van der Waals surface area contributed by atoms with Crippen molar-refractivity contribution in [1.29, 1.82) is 0 Å². The fraction of sp³-hybridized carbons (Fsp3) is 0.833. The molecule has 1 rings (SSSR count). The number of hydrogen-bond donors (Lipinski definition) is 1. The van der Waals surface area contributed by atoms with Gasteiger partial charge in [0.2, 0.25) is 0 Å². The summed E-state index contributed by atoms with van der Waals surface area (Å²) in [6, 6.07) is -0.855. The Balaban J connectivity index is 2.91. The van der Waals surface area contributed by atoms with Crippen LogP contribution < -0.4 is 0 Å². The second-order valence-electron chi connectivity index (χ2n) is 5.87. The summed E-state index contributed by atoms with van der Waals surface area (Å²) in [5.74, 6) is -0.270. The quantitative estimate of drug-likeness (QED) is 0.794. The number of carbonyl (C=O) groups excluding carboxylic acids is 1. The Morgan fingerprint density at radius 3 is 2.39 bits per heavy atom. The van der Waals surface area contributed by atoms with Gasteiger partial charge in [-0.2, -0.15) is 11.8 Å². The molecule has 0 aromatic rings. The van der Waals surface area contributed by atoms with Gasteiger partial charge < -0.3 is 9.84 Å². The summed E-state index contributed by atoms with van der Waals surface area (Å²) >= 11 is 1.57. The van der Waals surface area contributed by atoms with E-state index in [9.17, 15) is 14.7 Å². The van der Waals surface area contributed by atoms with E-state index in [1.54, 1.807) is 32.5 Å². The molecule has 1 heterocycles. The van der Waals surface area contributed by atoms with Crippen molar-refractivity contribution in [2.45, 2.75) is 51.0 Å². The highest BCUT2D eigenvalue weighted by Crippen LogP contribution is 2.36. The van der Waals surface area contributed by atoms with Gasteiger partial charge in [-0.15, -0.1) is 0 Å². The molecule has 0 aliphatic carbocycles. The second-order valence-corrected chi connectivity index (χ2v) is 7.62. The molecule has 1 aliphatic heterocycles. The molecular formula is C12H21NO4S. The minimum Gasteiger partial charge on any atom is -0.480 e. The Morgan fingerprint density at radius 2 is 1.94 bits per heavy atom. The molecular weight excluding hydrogens is 254 g/mol. The average Bonchev–Trinajstić information content (AvgIpc) is 2.11. The zero-order valence-corrected chi connectivity index (χ0v) is 12.3. The molecule has 104 valence electrons. The van der Waals surface area contributed by atoms with E-state index in [1.807, 2.05) is 13.8 Å². The zero-order chi connectivity index (χ0) is 14.1. The van der Waals surface area contributed by atoms with Crippen LogP contribution in [-0.4, -0.2) is 50.8 Å². The SMILES string of the molecule is CC(C)(C)OC(=O)N1CCSC(C)(C)[C@@H]1C(=O)O. The Hall–Kier alpha value is -0.910. The van der Waals surface area contributed by atoms with Gasteiger partial charge in [0.15, 0.2) is 0 Å². The second kappa shape index (κ2) is 4.99. The van der Waals surface area contributed by atoms with Crippen molar-refractivity contribution in [1.82, 2.24) is 4.90 Å². The first kappa shape index (κ1) is 15.1. The first-order valence-electron chi connectivity index (χ1n) is 5.91. The predicted molar refractivity (Wildman–Crippen MR) is 70.9 cm³/mol. The molecule has 1 atom stereocenters. The number of carboxylic acids is 1. The van der Waals surface area contributed by atoms with E-state index in [1.165, 1.54) is 4.90 Å². The highest BCUT2D eigenvalue weighted by atomic mass is 32.2. The summed E-state index contributed by atoms with van der Waals surface area (Å²) in [5.41, 5.74) is -0.616. The van der Waals surface area contributed by atoms with Crippen molar-refractivity contribution < 1.29 is 19.4 Å². The molecule has 0 aromatic carbocycles. The van der Waals surface area contributed by atoms with Crippen LogP contribution in [0.15, 0.2) is 0 Å². The van der Waals surface area contributed by atoms with E-state index in [0.29, 0.717) is 6.54 Å². The molecule has 0 spiro atoms. The summed E-state index contributed by atoms with van der Waals surface area (Å²) in [6.07, 6.45) is -0.553. The Kier molecular flexibility index (Phi) is 4.20. The highest BCUT2D eigenvalue weighted by Gasteiger charge is 2.46. The molecule has 1 saturated heterocycles. The van der Waals surface area contributed by atoms with E-state index in [2.05, 4.69) is 0 Å². The van der Waals surface area contributed by atoms with E-state index < -0.39 is 28.5 Å². The molecule has 0 radical (unpaired) electrons. The number of nitrogens with zero attached hydrogens (tertiary/aromatic N) is 1. The van der Waals surface area contributed by atoms with Crippen LogP contribution >= 0.6 is 11.8 Å². The standard InChI is InChI=1S/C12H21NO4S/c1-11(2,3)17-10(16)13-6-7-18-12(4,5)8(13)9(14)15/h8H,6-7H2,1-5H3,(H,14,15)/t8-/m0/s1. The maximum Gasteiger partial charge on any atom is 0.411 e. The third-order valence-electron chi connectivity index (χ3n) is 2.64. The van der Waals surface area contributed by atoms with Crippen molar-refractivity contribution in [2.24, 2.45) is 0 Å². The zero-order valence-electron chi connectivity index (χ0n) is 11.5.